The molecule has 1 aromatic rings. The second-order valence-electron chi connectivity index (χ2n) is 6.87. The van der Waals surface area contributed by atoms with Crippen molar-refractivity contribution in [2.75, 3.05) is 18.4 Å². The molecule has 0 atom stereocenters. The molecule has 0 radical (unpaired) electrons. The van der Waals surface area contributed by atoms with Gasteiger partial charge in [-0.05, 0) is 50.3 Å². The van der Waals surface area contributed by atoms with Crippen LogP contribution in [-0.2, 0) is 0 Å². The highest BCUT2D eigenvalue weighted by atomic mass is 16.2. The van der Waals surface area contributed by atoms with Crippen LogP contribution in [-0.4, -0.2) is 36.0 Å². The predicted molar refractivity (Wildman–Crippen MR) is 95.2 cm³/mol. The number of carbonyl (C=O) groups excluding carboxylic acids is 2. The predicted octanol–water partition coefficient (Wildman–Crippen LogP) is 3.77. The van der Waals surface area contributed by atoms with E-state index in [0.29, 0.717) is 11.3 Å². The van der Waals surface area contributed by atoms with Crippen molar-refractivity contribution < 1.29 is 9.59 Å². The summed E-state index contributed by atoms with van der Waals surface area (Å²) in [6.07, 6.45) is 9.10. The number of benzene rings is 1. The van der Waals surface area contributed by atoms with Crippen LogP contribution in [0.4, 0.5) is 10.5 Å². The van der Waals surface area contributed by atoms with E-state index in [1.54, 1.807) is 6.07 Å². The smallest absolute Gasteiger partial charge is 0.319 e. The molecule has 5 heteroatoms. The van der Waals surface area contributed by atoms with E-state index < -0.39 is 0 Å². The summed E-state index contributed by atoms with van der Waals surface area (Å²) >= 11 is 0. The van der Waals surface area contributed by atoms with Crippen molar-refractivity contribution in [3.63, 3.8) is 0 Å². The monoisotopic (exact) mass is 329 g/mol. The molecular weight excluding hydrogens is 302 g/mol. The molecule has 1 aliphatic heterocycles. The summed E-state index contributed by atoms with van der Waals surface area (Å²) in [5.74, 6) is 0.0611. The minimum absolute atomic E-state index is 0.0611. The Morgan fingerprint density at radius 1 is 0.958 bits per heavy atom. The van der Waals surface area contributed by atoms with Crippen LogP contribution in [0.1, 0.15) is 61.7 Å². The van der Waals surface area contributed by atoms with Crippen LogP contribution in [0.25, 0.3) is 0 Å². The zero-order chi connectivity index (χ0) is 16.8. The van der Waals surface area contributed by atoms with Crippen molar-refractivity contribution in [2.45, 2.75) is 57.4 Å². The van der Waals surface area contributed by atoms with Crippen molar-refractivity contribution >= 4 is 17.6 Å². The fourth-order valence-electron chi connectivity index (χ4n) is 3.61. The maximum absolute atomic E-state index is 12.6. The number of amides is 3. The van der Waals surface area contributed by atoms with Crippen LogP contribution in [0.15, 0.2) is 24.3 Å². The van der Waals surface area contributed by atoms with Gasteiger partial charge >= 0.3 is 6.03 Å². The van der Waals surface area contributed by atoms with E-state index in [-0.39, 0.29) is 18.0 Å². The maximum atomic E-state index is 12.6. The van der Waals surface area contributed by atoms with E-state index >= 15 is 0 Å². The van der Waals surface area contributed by atoms with E-state index in [1.165, 1.54) is 25.7 Å². The Morgan fingerprint density at radius 2 is 1.67 bits per heavy atom. The summed E-state index contributed by atoms with van der Waals surface area (Å²) in [4.78, 5) is 26.6. The molecule has 3 rings (SSSR count). The van der Waals surface area contributed by atoms with E-state index in [9.17, 15) is 9.59 Å². The highest BCUT2D eigenvalue weighted by molar-refractivity contribution is 5.97. The Balaban J connectivity index is 1.57. The third-order valence-electron chi connectivity index (χ3n) is 4.95. The van der Waals surface area contributed by atoms with Gasteiger partial charge in [0, 0.05) is 30.4 Å². The number of hydrogen-bond acceptors (Lipinski definition) is 2. The SMILES string of the molecule is O=C(Nc1cccc(C(=O)N2CCCCC2)c1)NC1CCCCC1. The lowest BCUT2D eigenvalue weighted by atomic mass is 9.96. The van der Waals surface area contributed by atoms with E-state index in [1.807, 2.05) is 23.1 Å². The van der Waals surface area contributed by atoms with Gasteiger partial charge in [0.05, 0.1) is 0 Å². The highest BCUT2D eigenvalue weighted by Gasteiger charge is 2.19. The Kier molecular flexibility index (Phi) is 5.72. The van der Waals surface area contributed by atoms with Gasteiger partial charge in [-0.15, -0.1) is 0 Å². The van der Waals surface area contributed by atoms with E-state index in [0.717, 1.165) is 38.8 Å². The van der Waals surface area contributed by atoms with Gasteiger partial charge in [-0.2, -0.15) is 0 Å². The summed E-state index contributed by atoms with van der Waals surface area (Å²) in [5.41, 5.74) is 1.32. The molecule has 1 aromatic carbocycles. The average Bonchev–Trinajstić information content (AvgIpc) is 2.63. The molecule has 0 unspecified atom stereocenters. The average molecular weight is 329 g/mol. The molecule has 130 valence electrons. The first-order valence-corrected chi connectivity index (χ1v) is 9.19. The van der Waals surface area contributed by atoms with Crippen LogP contribution in [0.5, 0.6) is 0 Å². The summed E-state index contributed by atoms with van der Waals surface area (Å²) in [5, 5.41) is 5.90. The number of anilines is 1. The molecule has 1 saturated carbocycles. The normalized spacial score (nSPS) is 18.9. The van der Waals surface area contributed by atoms with Crippen molar-refractivity contribution in [1.82, 2.24) is 10.2 Å². The largest absolute Gasteiger partial charge is 0.339 e. The number of rotatable bonds is 3. The Labute approximate surface area is 143 Å². The number of hydrogen-bond donors (Lipinski definition) is 2. The molecule has 3 amide bonds. The van der Waals surface area contributed by atoms with Crippen molar-refractivity contribution in [3.05, 3.63) is 29.8 Å². The number of likely N-dealkylation sites (tertiary alicyclic amines) is 1. The molecule has 2 aliphatic rings. The van der Waals surface area contributed by atoms with E-state index in [2.05, 4.69) is 10.6 Å². The lowest BCUT2D eigenvalue weighted by Gasteiger charge is -2.27. The fourth-order valence-corrected chi connectivity index (χ4v) is 3.61. The first-order valence-electron chi connectivity index (χ1n) is 9.19. The Bertz CT molecular complexity index is 576. The van der Waals surface area contributed by atoms with Gasteiger partial charge in [0.25, 0.3) is 5.91 Å². The van der Waals surface area contributed by atoms with Crippen LogP contribution in [0, 0.1) is 0 Å². The standard InChI is InChI=1S/C19H27N3O2/c23-18(22-12-5-2-6-13-22)15-8-7-11-17(14-15)21-19(24)20-16-9-3-1-4-10-16/h7-8,11,14,16H,1-6,9-10,12-13H2,(H2,20,21,24). The van der Waals surface area contributed by atoms with Gasteiger partial charge in [0.1, 0.15) is 0 Å². The van der Waals surface area contributed by atoms with Crippen LogP contribution in [0.3, 0.4) is 0 Å². The topological polar surface area (TPSA) is 61.4 Å². The lowest BCUT2D eigenvalue weighted by molar-refractivity contribution is 0.0724. The number of nitrogens with one attached hydrogen (secondary N) is 2. The third kappa shape index (κ3) is 4.49. The zero-order valence-electron chi connectivity index (χ0n) is 14.2. The molecule has 0 aromatic heterocycles. The molecule has 1 saturated heterocycles. The van der Waals surface area contributed by atoms with Crippen LogP contribution >= 0.6 is 0 Å². The fraction of sp³-hybridized carbons (Fsp3) is 0.579. The minimum Gasteiger partial charge on any atom is -0.339 e. The Morgan fingerprint density at radius 3 is 2.42 bits per heavy atom. The quantitative estimate of drug-likeness (QED) is 0.887. The van der Waals surface area contributed by atoms with Gasteiger partial charge in [0.2, 0.25) is 0 Å². The highest BCUT2D eigenvalue weighted by Crippen LogP contribution is 2.19. The maximum Gasteiger partial charge on any atom is 0.319 e. The van der Waals surface area contributed by atoms with Gasteiger partial charge in [-0.1, -0.05) is 25.3 Å². The van der Waals surface area contributed by atoms with Crippen LogP contribution in [0.2, 0.25) is 0 Å². The Hall–Kier alpha value is -2.04. The molecule has 0 spiro atoms. The van der Waals surface area contributed by atoms with Gasteiger partial charge in [0.15, 0.2) is 0 Å². The second kappa shape index (κ2) is 8.18. The van der Waals surface area contributed by atoms with E-state index in [4.69, 9.17) is 0 Å². The molecule has 2 N–H and O–H groups in total. The van der Waals surface area contributed by atoms with Crippen molar-refractivity contribution in [1.29, 1.82) is 0 Å². The zero-order valence-corrected chi connectivity index (χ0v) is 14.2. The first kappa shape index (κ1) is 16.8. The summed E-state index contributed by atoms with van der Waals surface area (Å²) in [6.45, 7) is 1.66. The minimum atomic E-state index is -0.176. The number of nitrogens with zero attached hydrogens (tertiary/aromatic N) is 1. The molecule has 1 heterocycles. The second-order valence-corrected chi connectivity index (χ2v) is 6.87. The summed E-state index contributed by atoms with van der Waals surface area (Å²) < 4.78 is 0. The van der Waals surface area contributed by atoms with Crippen molar-refractivity contribution in [2.24, 2.45) is 0 Å². The number of urea groups is 1. The first-order chi connectivity index (χ1) is 11.7. The lowest BCUT2D eigenvalue weighted by Crippen LogP contribution is -2.39. The van der Waals surface area contributed by atoms with Crippen molar-refractivity contribution in [3.8, 4) is 0 Å². The van der Waals surface area contributed by atoms with Crippen LogP contribution < -0.4 is 10.6 Å². The number of carbonyl (C=O) groups is 2. The van der Waals surface area contributed by atoms with Gasteiger partial charge < -0.3 is 15.5 Å². The summed E-state index contributed by atoms with van der Waals surface area (Å²) in [7, 11) is 0. The molecule has 5 nitrogen and oxygen atoms in total. The molecular formula is C19H27N3O2. The van der Waals surface area contributed by atoms with Gasteiger partial charge in [-0.3, -0.25) is 4.79 Å². The molecule has 1 aliphatic carbocycles. The number of piperidine rings is 1. The third-order valence-corrected chi connectivity index (χ3v) is 4.95. The molecule has 2 fully saturated rings. The summed E-state index contributed by atoms with van der Waals surface area (Å²) in [6, 6.07) is 7.35. The molecule has 0 bridgehead atoms. The molecule has 24 heavy (non-hydrogen) atoms. The van der Waals surface area contributed by atoms with Gasteiger partial charge in [-0.25, -0.2) is 4.79 Å².